The summed E-state index contributed by atoms with van der Waals surface area (Å²) in [6.07, 6.45) is -0.474. The Bertz CT molecular complexity index is 363. The smallest absolute Gasteiger partial charge is 0.409 e. The van der Waals surface area contributed by atoms with Crippen LogP contribution in [0.1, 0.15) is 0 Å². The molecule has 1 unspecified atom stereocenters. The number of methoxy groups -OCH3 is 1. The van der Waals surface area contributed by atoms with Crippen LogP contribution >= 0.6 is 11.8 Å². The van der Waals surface area contributed by atoms with E-state index < -0.39 is 22.7 Å². The Morgan fingerprint density at radius 3 is 2.62 bits per heavy atom. The van der Waals surface area contributed by atoms with Gasteiger partial charge in [-0.1, -0.05) is 0 Å². The molecule has 88 valence electrons. The van der Waals surface area contributed by atoms with E-state index in [9.17, 15) is 14.4 Å². The number of thioether (sulfide) groups is 1. The van der Waals surface area contributed by atoms with Crippen LogP contribution in [0.4, 0.5) is 4.79 Å². The molecule has 2 aliphatic rings. The maximum atomic E-state index is 11.8. The quantitative estimate of drug-likeness (QED) is 0.645. The molecule has 0 bridgehead atoms. The van der Waals surface area contributed by atoms with E-state index in [2.05, 4.69) is 4.74 Å². The number of rotatable bonds is 1. The van der Waals surface area contributed by atoms with Crippen LogP contribution in [0.15, 0.2) is 0 Å². The first kappa shape index (κ1) is 11.3. The lowest BCUT2D eigenvalue weighted by Gasteiger charge is -2.44. The molecule has 1 N–H and O–H groups in total. The van der Waals surface area contributed by atoms with E-state index in [1.807, 2.05) is 0 Å². The van der Waals surface area contributed by atoms with E-state index in [1.165, 1.54) is 23.8 Å². The average molecular weight is 245 g/mol. The highest BCUT2D eigenvalue weighted by Gasteiger charge is 2.59. The number of likely N-dealkylation sites (tertiary alicyclic amines) is 1. The standard InChI is InChI=1S/C9H11NO5S/c1-15-8(14)10-3-9(4-10)6(11)5(2-16-9)7(12)13/h5H,2-4H2,1H3,(H,12,13). The molecule has 2 rings (SSSR count). The summed E-state index contributed by atoms with van der Waals surface area (Å²) in [6, 6.07) is 0. The van der Waals surface area contributed by atoms with Crippen LogP contribution in [-0.4, -0.2) is 58.6 Å². The summed E-state index contributed by atoms with van der Waals surface area (Å²) in [5.74, 6) is -1.98. The van der Waals surface area contributed by atoms with E-state index in [4.69, 9.17) is 5.11 Å². The molecule has 0 aromatic heterocycles. The van der Waals surface area contributed by atoms with Gasteiger partial charge in [0.25, 0.3) is 0 Å². The van der Waals surface area contributed by atoms with Gasteiger partial charge in [-0.2, -0.15) is 0 Å². The van der Waals surface area contributed by atoms with Gasteiger partial charge in [0.1, 0.15) is 10.7 Å². The molecule has 2 saturated heterocycles. The molecular weight excluding hydrogens is 234 g/mol. The molecule has 1 atom stereocenters. The predicted octanol–water partition coefficient (Wildman–Crippen LogP) is -0.176. The normalized spacial score (nSPS) is 26.7. The van der Waals surface area contributed by atoms with Gasteiger partial charge in [-0.15, -0.1) is 11.8 Å². The first-order valence-electron chi connectivity index (χ1n) is 4.74. The summed E-state index contributed by atoms with van der Waals surface area (Å²) in [7, 11) is 1.27. The van der Waals surface area contributed by atoms with Crippen molar-refractivity contribution in [3.05, 3.63) is 0 Å². The Kier molecular flexibility index (Phi) is 2.57. The Labute approximate surface area is 95.9 Å². The van der Waals surface area contributed by atoms with Crippen LogP contribution in [0.3, 0.4) is 0 Å². The Morgan fingerprint density at radius 1 is 1.56 bits per heavy atom. The van der Waals surface area contributed by atoms with Gasteiger partial charge in [-0.25, -0.2) is 4.79 Å². The number of Topliss-reactive ketones (excluding diaryl/α,β-unsaturated/α-hetero) is 1. The highest BCUT2D eigenvalue weighted by Crippen LogP contribution is 2.45. The molecule has 7 heteroatoms. The second-order valence-electron chi connectivity index (χ2n) is 3.89. The second kappa shape index (κ2) is 3.65. The molecular formula is C9H11NO5S. The summed E-state index contributed by atoms with van der Waals surface area (Å²) in [5, 5.41) is 8.82. The van der Waals surface area contributed by atoms with Crippen LogP contribution in [-0.2, 0) is 14.3 Å². The number of nitrogens with zero attached hydrogens (tertiary/aromatic N) is 1. The molecule has 2 aliphatic heterocycles. The number of ketones is 1. The van der Waals surface area contributed by atoms with Crippen molar-refractivity contribution in [1.29, 1.82) is 0 Å². The van der Waals surface area contributed by atoms with Crippen molar-refractivity contribution in [2.24, 2.45) is 5.92 Å². The van der Waals surface area contributed by atoms with E-state index in [1.54, 1.807) is 0 Å². The summed E-state index contributed by atoms with van der Waals surface area (Å²) < 4.78 is 3.82. The lowest BCUT2D eigenvalue weighted by atomic mass is 9.88. The fourth-order valence-electron chi connectivity index (χ4n) is 1.97. The highest BCUT2D eigenvalue weighted by molar-refractivity contribution is 8.02. The third-order valence-electron chi connectivity index (χ3n) is 2.92. The Hall–Kier alpha value is -1.24. The van der Waals surface area contributed by atoms with Gasteiger partial charge in [0.2, 0.25) is 0 Å². The average Bonchev–Trinajstić information content (AvgIpc) is 2.52. The van der Waals surface area contributed by atoms with E-state index in [-0.39, 0.29) is 18.9 Å². The SMILES string of the molecule is COC(=O)N1CC2(C1)SCC(C(=O)O)C2=O. The first-order valence-corrected chi connectivity index (χ1v) is 5.73. The topological polar surface area (TPSA) is 83.9 Å². The number of carbonyl (C=O) groups excluding carboxylic acids is 2. The highest BCUT2D eigenvalue weighted by atomic mass is 32.2. The second-order valence-corrected chi connectivity index (χ2v) is 5.29. The predicted molar refractivity (Wildman–Crippen MR) is 55.3 cm³/mol. The van der Waals surface area contributed by atoms with Crippen LogP contribution in [0.5, 0.6) is 0 Å². The number of carboxylic acid groups (broad SMARTS) is 1. The van der Waals surface area contributed by atoms with Crippen molar-refractivity contribution in [1.82, 2.24) is 4.90 Å². The molecule has 0 radical (unpaired) electrons. The Morgan fingerprint density at radius 2 is 2.19 bits per heavy atom. The van der Waals surface area contributed by atoms with E-state index in [0.717, 1.165) is 0 Å². The number of ether oxygens (including phenoxy) is 1. The molecule has 2 heterocycles. The van der Waals surface area contributed by atoms with Crippen LogP contribution < -0.4 is 0 Å². The fraction of sp³-hybridized carbons (Fsp3) is 0.667. The number of carboxylic acids is 1. The maximum Gasteiger partial charge on any atom is 0.409 e. The molecule has 0 aromatic carbocycles. The van der Waals surface area contributed by atoms with Crippen molar-refractivity contribution in [3.8, 4) is 0 Å². The zero-order valence-corrected chi connectivity index (χ0v) is 9.45. The van der Waals surface area contributed by atoms with Gasteiger partial charge < -0.3 is 14.7 Å². The zero-order valence-electron chi connectivity index (χ0n) is 8.63. The molecule has 0 aliphatic carbocycles. The van der Waals surface area contributed by atoms with Crippen molar-refractivity contribution < 1.29 is 24.2 Å². The van der Waals surface area contributed by atoms with E-state index in [0.29, 0.717) is 5.75 Å². The van der Waals surface area contributed by atoms with E-state index >= 15 is 0 Å². The van der Waals surface area contributed by atoms with Gasteiger partial charge in [0, 0.05) is 18.8 Å². The van der Waals surface area contributed by atoms with Crippen LogP contribution in [0.2, 0.25) is 0 Å². The maximum absolute atomic E-state index is 11.8. The van der Waals surface area contributed by atoms with Crippen LogP contribution in [0, 0.1) is 5.92 Å². The summed E-state index contributed by atoms with van der Waals surface area (Å²) in [4.78, 5) is 35.1. The largest absolute Gasteiger partial charge is 0.481 e. The number of carbonyl (C=O) groups is 3. The van der Waals surface area contributed by atoms with Gasteiger partial charge in [0.15, 0.2) is 5.78 Å². The number of hydrogen-bond acceptors (Lipinski definition) is 5. The first-order chi connectivity index (χ1) is 7.50. The van der Waals surface area contributed by atoms with Crippen LogP contribution in [0.25, 0.3) is 0 Å². The molecule has 1 amide bonds. The van der Waals surface area contributed by atoms with Crippen molar-refractivity contribution in [3.63, 3.8) is 0 Å². The lowest BCUT2D eigenvalue weighted by molar-refractivity contribution is -0.146. The minimum absolute atomic E-state index is 0.257. The van der Waals surface area contributed by atoms with Crippen molar-refractivity contribution in [2.75, 3.05) is 26.0 Å². The third kappa shape index (κ3) is 1.46. The van der Waals surface area contributed by atoms with Gasteiger partial charge >= 0.3 is 12.1 Å². The minimum atomic E-state index is -1.08. The molecule has 0 aromatic rings. The summed E-state index contributed by atoms with van der Waals surface area (Å²) in [5.41, 5.74) is 0. The Balaban J connectivity index is 2.02. The molecule has 2 fully saturated rings. The zero-order chi connectivity index (χ0) is 11.9. The number of hydrogen-bond donors (Lipinski definition) is 1. The fourth-order valence-corrected chi connectivity index (χ4v) is 3.52. The molecule has 6 nitrogen and oxygen atoms in total. The number of amides is 1. The molecule has 0 saturated carbocycles. The van der Waals surface area contributed by atoms with Crippen molar-refractivity contribution in [2.45, 2.75) is 4.75 Å². The van der Waals surface area contributed by atoms with Crippen molar-refractivity contribution >= 4 is 29.6 Å². The van der Waals surface area contributed by atoms with Gasteiger partial charge in [0.05, 0.1) is 7.11 Å². The molecule has 1 spiro atoms. The summed E-state index contributed by atoms with van der Waals surface area (Å²) >= 11 is 1.33. The van der Waals surface area contributed by atoms with Gasteiger partial charge in [-0.3, -0.25) is 9.59 Å². The molecule has 16 heavy (non-hydrogen) atoms. The van der Waals surface area contributed by atoms with Gasteiger partial charge in [-0.05, 0) is 0 Å². The lowest BCUT2D eigenvalue weighted by Crippen LogP contribution is -2.64. The number of aliphatic carboxylic acids is 1. The summed E-state index contributed by atoms with van der Waals surface area (Å²) in [6.45, 7) is 0.514. The minimum Gasteiger partial charge on any atom is -0.481 e. The monoisotopic (exact) mass is 245 g/mol. The third-order valence-corrected chi connectivity index (χ3v) is 4.43.